The highest BCUT2D eigenvalue weighted by Crippen LogP contribution is 2.28. The first-order chi connectivity index (χ1) is 10.7. The van der Waals surface area contributed by atoms with Gasteiger partial charge in [-0.25, -0.2) is 0 Å². The number of anilines is 1. The van der Waals surface area contributed by atoms with Crippen LogP contribution in [0.3, 0.4) is 0 Å². The third-order valence-corrected chi connectivity index (χ3v) is 4.04. The van der Waals surface area contributed by atoms with Gasteiger partial charge in [0, 0.05) is 45.0 Å². The summed E-state index contributed by atoms with van der Waals surface area (Å²) in [6.07, 6.45) is 1.14. The van der Waals surface area contributed by atoms with Crippen molar-refractivity contribution in [1.29, 1.82) is 0 Å². The molecule has 2 N–H and O–H groups in total. The van der Waals surface area contributed by atoms with E-state index in [0.29, 0.717) is 12.6 Å². The number of ether oxygens (including phenoxy) is 1. The van der Waals surface area contributed by atoms with Gasteiger partial charge in [-0.2, -0.15) is 0 Å². The average molecular weight is 304 g/mol. The lowest BCUT2D eigenvalue weighted by Crippen LogP contribution is -2.48. The number of hydrogen-bond acceptors (Lipinski definition) is 3. The monoisotopic (exact) mass is 304 g/mol. The summed E-state index contributed by atoms with van der Waals surface area (Å²) in [6, 6.07) is 9.33. The second kappa shape index (κ2) is 8.03. The normalized spacial score (nSPS) is 17.1. The van der Waals surface area contributed by atoms with Gasteiger partial charge < -0.3 is 20.3 Å². The van der Waals surface area contributed by atoms with E-state index >= 15 is 0 Å². The van der Waals surface area contributed by atoms with E-state index in [1.165, 1.54) is 11.3 Å². The van der Waals surface area contributed by atoms with Crippen LogP contribution < -0.4 is 15.5 Å². The number of hydrogen-bond donors (Lipinski definition) is 2. The molecule has 0 fully saturated rings. The molecule has 1 aliphatic rings. The van der Waals surface area contributed by atoms with Crippen LogP contribution >= 0.6 is 0 Å². The Morgan fingerprint density at radius 3 is 2.86 bits per heavy atom. The predicted molar refractivity (Wildman–Crippen MR) is 92.8 cm³/mol. The first kappa shape index (κ1) is 16.6. The average Bonchev–Trinajstić information content (AvgIpc) is 2.95. The van der Waals surface area contributed by atoms with Gasteiger partial charge in [-0.1, -0.05) is 18.2 Å². The second-order valence-corrected chi connectivity index (χ2v) is 5.87. The molecule has 0 spiro atoms. The van der Waals surface area contributed by atoms with Crippen molar-refractivity contribution >= 4 is 11.6 Å². The van der Waals surface area contributed by atoms with Gasteiger partial charge in [-0.15, -0.1) is 0 Å². The summed E-state index contributed by atoms with van der Waals surface area (Å²) in [7, 11) is 3.51. The minimum absolute atomic E-state index is 0.235. The van der Waals surface area contributed by atoms with E-state index in [2.05, 4.69) is 58.6 Å². The molecule has 0 saturated carbocycles. The second-order valence-electron chi connectivity index (χ2n) is 5.87. The summed E-state index contributed by atoms with van der Waals surface area (Å²) in [5.41, 5.74) is 2.82. The fraction of sp³-hybridized carbons (Fsp3) is 0.588. The third-order valence-electron chi connectivity index (χ3n) is 4.04. The first-order valence-electron chi connectivity index (χ1n) is 7.96. The molecule has 22 heavy (non-hydrogen) atoms. The Labute approximate surface area is 133 Å². The van der Waals surface area contributed by atoms with Crippen molar-refractivity contribution in [3.05, 3.63) is 29.8 Å². The van der Waals surface area contributed by atoms with Crippen LogP contribution in [0.5, 0.6) is 0 Å². The van der Waals surface area contributed by atoms with Crippen molar-refractivity contribution in [2.45, 2.75) is 32.4 Å². The molecule has 0 bridgehead atoms. The molecule has 2 unspecified atom stereocenters. The smallest absolute Gasteiger partial charge is 0.191 e. The van der Waals surface area contributed by atoms with Gasteiger partial charge in [-0.05, 0) is 31.9 Å². The van der Waals surface area contributed by atoms with Crippen molar-refractivity contribution in [3.8, 4) is 0 Å². The van der Waals surface area contributed by atoms with Crippen LogP contribution in [0.1, 0.15) is 19.4 Å². The van der Waals surface area contributed by atoms with Crippen molar-refractivity contribution in [2.75, 3.05) is 38.8 Å². The third kappa shape index (κ3) is 4.13. The number of guanidine groups is 1. The first-order valence-corrected chi connectivity index (χ1v) is 7.96. The molecule has 5 nitrogen and oxygen atoms in total. The summed E-state index contributed by atoms with van der Waals surface area (Å²) >= 11 is 0. The summed E-state index contributed by atoms with van der Waals surface area (Å²) in [4.78, 5) is 6.74. The molecule has 5 heteroatoms. The molecule has 1 aromatic carbocycles. The molecule has 0 amide bonds. The van der Waals surface area contributed by atoms with Crippen molar-refractivity contribution < 1.29 is 4.74 Å². The van der Waals surface area contributed by atoms with Crippen LogP contribution in [0.2, 0.25) is 0 Å². The Morgan fingerprint density at radius 2 is 2.14 bits per heavy atom. The van der Waals surface area contributed by atoms with E-state index in [1.807, 2.05) is 0 Å². The number of nitrogens with zero attached hydrogens (tertiary/aromatic N) is 2. The summed E-state index contributed by atoms with van der Waals surface area (Å²) in [6.45, 7) is 6.94. The molecule has 1 aromatic rings. The Kier molecular flexibility index (Phi) is 6.07. The van der Waals surface area contributed by atoms with Crippen LogP contribution in [0.25, 0.3) is 0 Å². The minimum atomic E-state index is 0.235. The van der Waals surface area contributed by atoms with Gasteiger partial charge in [0.1, 0.15) is 0 Å². The van der Waals surface area contributed by atoms with Gasteiger partial charge in [0.25, 0.3) is 0 Å². The maximum absolute atomic E-state index is 5.14. The lowest BCUT2D eigenvalue weighted by atomic mass is 10.2. The number of aliphatic imine (C=N–C) groups is 1. The molecule has 1 heterocycles. The van der Waals surface area contributed by atoms with Crippen LogP contribution in [0.15, 0.2) is 29.3 Å². The zero-order valence-electron chi connectivity index (χ0n) is 14.1. The fourth-order valence-electron chi connectivity index (χ4n) is 2.90. The van der Waals surface area contributed by atoms with E-state index in [-0.39, 0.29) is 6.04 Å². The number of para-hydroxylation sites is 1. The number of nitrogens with one attached hydrogen (secondary N) is 2. The highest BCUT2D eigenvalue weighted by molar-refractivity contribution is 5.80. The Morgan fingerprint density at radius 1 is 1.36 bits per heavy atom. The van der Waals surface area contributed by atoms with Crippen LogP contribution in [-0.4, -0.2) is 51.9 Å². The topological polar surface area (TPSA) is 48.9 Å². The standard InChI is InChI=1S/C17H28N4O/c1-13(12-22-4)20-17(18-3)19-11-14(2)21-10-9-15-7-5-6-8-16(15)21/h5-8,13-14H,9-12H2,1-4H3,(H2,18,19,20). The summed E-state index contributed by atoms with van der Waals surface area (Å²) in [5, 5.41) is 6.74. The number of benzene rings is 1. The van der Waals surface area contributed by atoms with Gasteiger partial charge in [0.2, 0.25) is 0 Å². The maximum atomic E-state index is 5.14. The lowest BCUT2D eigenvalue weighted by molar-refractivity contribution is 0.179. The molecule has 2 rings (SSSR count). The highest BCUT2D eigenvalue weighted by atomic mass is 16.5. The Hall–Kier alpha value is -1.75. The highest BCUT2D eigenvalue weighted by Gasteiger charge is 2.22. The minimum Gasteiger partial charge on any atom is -0.383 e. The lowest BCUT2D eigenvalue weighted by Gasteiger charge is -2.28. The molecular weight excluding hydrogens is 276 g/mol. The zero-order valence-corrected chi connectivity index (χ0v) is 14.1. The molecule has 0 aliphatic carbocycles. The largest absolute Gasteiger partial charge is 0.383 e. The number of methoxy groups -OCH3 is 1. The predicted octanol–water partition coefficient (Wildman–Crippen LogP) is 1.64. The van der Waals surface area contributed by atoms with Crippen molar-refractivity contribution in [1.82, 2.24) is 10.6 Å². The van der Waals surface area contributed by atoms with Crippen LogP contribution in [-0.2, 0) is 11.2 Å². The van der Waals surface area contributed by atoms with E-state index in [9.17, 15) is 0 Å². The number of fused-ring (bicyclic) bond motifs is 1. The molecule has 122 valence electrons. The SMILES string of the molecule is CN=C(NCC(C)N1CCc2ccccc21)NC(C)COC. The van der Waals surface area contributed by atoms with Crippen LogP contribution in [0.4, 0.5) is 5.69 Å². The number of rotatable bonds is 6. The van der Waals surface area contributed by atoms with E-state index in [4.69, 9.17) is 4.74 Å². The molecule has 0 saturated heterocycles. The van der Waals surface area contributed by atoms with Gasteiger partial charge >= 0.3 is 0 Å². The molecular formula is C17H28N4O. The molecule has 0 aromatic heterocycles. The van der Waals surface area contributed by atoms with Crippen LogP contribution in [0, 0.1) is 0 Å². The van der Waals surface area contributed by atoms with E-state index in [1.54, 1.807) is 14.2 Å². The molecule has 2 atom stereocenters. The summed E-state index contributed by atoms with van der Waals surface area (Å²) < 4.78 is 5.14. The Balaban J connectivity index is 1.86. The summed E-state index contributed by atoms with van der Waals surface area (Å²) in [5.74, 6) is 0.823. The van der Waals surface area contributed by atoms with Gasteiger partial charge in [-0.3, -0.25) is 4.99 Å². The zero-order chi connectivity index (χ0) is 15.9. The van der Waals surface area contributed by atoms with Gasteiger partial charge in [0.15, 0.2) is 5.96 Å². The van der Waals surface area contributed by atoms with E-state index in [0.717, 1.165) is 25.5 Å². The Bertz CT molecular complexity index is 503. The molecule has 1 aliphatic heterocycles. The maximum Gasteiger partial charge on any atom is 0.191 e. The molecule has 0 radical (unpaired) electrons. The fourth-order valence-corrected chi connectivity index (χ4v) is 2.90. The van der Waals surface area contributed by atoms with Crippen molar-refractivity contribution in [3.63, 3.8) is 0 Å². The quantitative estimate of drug-likeness (QED) is 0.620. The van der Waals surface area contributed by atoms with Crippen molar-refractivity contribution in [2.24, 2.45) is 4.99 Å². The van der Waals surface area contributed by atoms with E-state index < -0.39 is 0 Å². The van der Waals surface area contributed by atoms with Gasteiger partial charge in [0.05, 0.1) is 6.61 Å².